The number of hydrogen-bond donors (Lipinski definition) is 2. The van der Waals surface area contributed by atoms with Crippen LogP contribution in [0, 0.1) is 13.8 Å². The van der Waals surface area contributed by atoms with Crippen LogP contribution in [-0.2, 0) is 0 Å². The second-order valence-corrected chi connectivity index (χ2v) is 10.5. The van der Waals surface area contributed by atoms with Crippen molar-refractivity contribution in [2.75, 3.05) is 36.4 Å². The molecule has 2 N–H and O–H groups in total. The third kappa shape index (κ3) is 4.17. The average molecular weight is 561 g/mol. The maximum atomic E-state index is 14.0. The summed E-state index contributed by atoms with van der Waals surface area (Å²) in [5, 5.41) is 12.9. The van der Waals surface area contributed by atoms with Crippen LogP contribution >= 0.6 is 0 Å². The monoisotopic (exact) mass is 560 g/mol. The number of anilines is 3. The number of piperazine rings is 1. The number of aromatic nitrogens is 5. The third-order valence-electron chi connectivity index (χ3n) is 7.86. The van der Waals surface area contributed by atoms with Gasteiger partial charge >= 0.3 is 6.09 Å². The number of nitrogens with zero attached hydrogens (tertiary/aromatic N) is 7. The molecule has 3 aromatic heterocycles. The molecule has 4 heterocycles. The quantitative estimate of drug-likeness (QED) is 0.317. The Bertz CT molecular complexity index is 2040. The van der Waals surface area contributed by atoms with Crippen LogP contribution in [0.3, 0.4) is 0 Å². The molecule has 0 aliphatic carbocycles. The van der Waals surface area contributed by atoms with Crippen LogP contribution in [0.25, 0.3) is 33.5 Å². The van der Waals surface area contributed by atoms with E-state index in [4.69, 9.17) is 9.97 Å². The molecule has 1 aliphatic rings. The van der Waals surface area contributed by atoms with Gasteiger partial charge in [0.1, 0.15) is 5.39 Å². The van der Waals surface area contributed by atoms with Crippen LogP contribution in [0.15, 0.2) is 77.7 Å². The Morgan fingerprint density at radius 1 is 0.881 bits per heavy atom. The predicted molar refractivity (Wildman–Crippen MR) is 162 cm³/mol. The summed E-state index contributed by atoms with van der Waals surface area (Å²) in [5.74, 6) is 0.844. The number of rotatable bonds is 4. The highest BCUT2D eigenvalue weighted by atomic mass is 16.4. The molecule has 11 nitrogen and oxygen atoms in total. The van der Waals surface area contributed by atoms with E-state index >= 15 is 0 Å². The average Bonchev–Trinajstić information content (AvgIpc) is 3.38. The molecule has 42 heavy (non-hydrogen) atoms. The minimum Gasteiger partial charge on any atom is -0.465 e. The molecule has 1 aliphatic heterocycles. The molecule has 0 atom stereocenters. The van der Waals surface area contributed by atoms with E-state index in [2.05, 4.69) is 15.2 Å². The Balaban J connectivity index is 1.29. The second kappa shape index (κ2) is 9.88. The van der Waals surface area contributed by atoms with Crippen molar-refractivity contribution in [1.29, 1.82) is 0 Å². The Kier molecular flexibility index (Phi) is 6.00. The summed E-state index contributed by atoms with van der Waals surface area (Å²) < 4.78 is 3.59. The van der Waals surface area contributed by atoms with E-state index in [1.54, 1.807) is 10.8 Å². The number of amides is 1. The van der Waals surface area contributed by atoms with Gasteiger partial charge in [0.05, 0.1) is 16.7 Å². The highest BCUT2D eigenvalue weighted by Gasteiger charge is 2.22. The van der Waals surface area contributed by atoms with Crippen LogP contribution in [0.1, 0.15) is 11.1 Å². The van der Waals surface area contributed by atoms with Crippen LogP contribution < -0.4 is 15.8 Å². The Morgan fingerprint density at radius 2 is 1.60 bits per heavy atom. The topological polar surface area (TPSA) is 121 Å². The number of nitrogens with one attached hydrogen (secondary N) is 1. The number of fused-ring (bicyclic) bond motifs is 5. The van der Waals surface area contributed by atoms with Crippen molar-refractivity contribution in [2.45, 2.75) is 13.8 Å². The molecule has 210 valence electrons. The highest BCUT2D eigenvalue weighted by Crippen LogP contribution is 2.27. The van der Waals surface area contributed by atoms with E-state index < -0.39 is 6.09 Å². The van der Waals surface area contributed by atoms with Crippen LogP contribution in [0.5, 0.6) is 0 Å². The van der Waals surface area contributed by atoms with Gasteiger partial charge in [-0.1, -0.05) is 30.3 Å². The summed E-state index contributed by atoms with van der Waals surface area (Å²) in [7, 11) is 0. The predicted octanol–water partition coefficient (Wildman–Crippen LogP) is 4.74. The zero-order valence-corrected chi connectivity index (χ0v) is 23.2. The zero-order valence-electron chi connectivity index (χ0n) is 23.2. The summed E-state index contributed by atoms with van der Waals surface area (Å²) in [5.41, 5.74) is 6.39. The van der Waals surface area contributed by atoms with E-state index in [0.717, 1.165) is 39.2 Å². The summed E-state index contributed by atoms with van der Waals surface area (Å²) >= 11 is 0. The molecule has 3 aromatic carbocycles. The van der Waals surface area contributed by atoms with Gasteiger partial charge in [-0.25, -0.2) is 19.3 Å². The number of para-hydroxylation sites is 3. The SMILES string of the molecule is Cc1cccc(C)c1-n1c(=O)c2cnc(Nc3ccc(N4CCN(C(=O)O)CC4)cc3)nc2n2c3ccccc3nc12. The van der Waals surface area contributed by atoms with Gasteiger partial charge in [-0.2, -0.15) is 4.98 Å². The molecule has 11 heteroatoms. The van der Waals surface area contributed by atoms with E-state index in [-0.39, 0.29) is 5.56 Å². The molecular formula is C31H28N8O3. The lowest BCUT2D eigenvalue weighted by atomic mass is 10.1. The maximum Gasteiger partial charge on any atom is 0.407 e. The number of hydrogen-bond acceptors (Lipinski definition) is 7. The van der Waals surface area contributed by atoms with Gasteiger partial charge in [0, 0.05) is 43.8 Å². The van der Waals surface area contributed by atoms with Crippen molar-refractivity contribution < 1.29 is 9.90 Å². The zero-order chi connectivity index (χ0) is 29.0. The van der Waals surface area contributed by atoms with E-state index in [9.17, 15) is 14.7 Å². The smallest absolute Gasteiger partial charge is 0.407 e. The first kappa shape index (κ1) is 25.5. The standard InChI is InChI=1S/C31H28N8O3/c1-19-6-5-7-20(2)26(19)39-28(40)23-18-32-29(35-27(23)38-25-9-4-3-8-24(25)34-30(38)39)33-21-10-12-22(13-11-21)36-14-16-37(17-15-36)31(41)42/h3-13,18H,14-17H2,1-2H3,(H,41,42)(H,32,33,35). The second-order valence-electron chi connectivity index (χ2n) is 10.5. The lowest BCUT2D eigenvalue weighted by Crippen LogP contribution is -2.48. The Labute approximate surface area is 240 Å². The van der Waals surface area contributed by atoms with Gasteiger partial charge < -0.3 is 20.2 Å². The molecule has 1 amide bonds. The van der Waals surface area contributed by atoms with Crippen LogP contribution in [0.4, 0.5) is 22.1 Å². The molecular weight excluding hydrogens is 532 g/mol. The van der Waals surface area contributed by atoms with Crippen molar-refractivity contribution in [2.24, 2.45) is 0 Å². The van der Waals surface area contributed by atoms with E-state index in [1.165, 1.54) is 4.90 Å². The van der Waals surface area contributed by atoms with Crippen molar-refractivity contribution in [1.82, 2.24) is 28.8 Å². The first-order valence-corrected chi connectivity index (χ1v) is 13.7. The first-order chi connectivity index (χ1) is 20.4. The van der Waals surface area contributed by atoms with Crippen molar-refractivity contribution in [3.05, 3.63) is 94.4 Å². The number of imidazole rings is 1. The van der Waals surface area contributed by atoms with Gasteiger partial charge in [-0.05, 0) is 61.4 Å². The molecule has 1 fully saturated rings. The third-order valence-corrected chi connectivity index (χ3v) is 7.86. The Hall–Kier alpha value is -5.45. The minimum absolute atomic E-state index is 0.232. The molecule has 0 bridgehead atoms. The molecule has 0 radical (unpaired) electrons. The van der Waals surface area contributed by atoms with Gasteiger partial charge in [-0.15, -0.1) is 0 Å². The van der Waals surface area contributed by atoms with Gasteiger partial charge in [-0.3, -0.25) is 9.20 Å². The molecule has 1 saturated heterocycles. The van der Waals surface area contributed by atoms with Crippen molar-refractivity contribution >= 4 is 51.3 Å². The van der Waals surface area contributed by atoms with Crippen LogP contribution in [0.2, 0.25) is 0 Å². The molecule has 7 rings (SSSR count). The van der Waals surface area contributed by atoms with Gasteiger partial charge in [0.2, 0.25) is 11.7 Å². The summed E-state index contributed by atoms with van der Waals surface area (Å²) in [6.45, 7) is 6.21. The lowest BCUT2D eigenvalue weighted by molar-refractivity contribution is 0.142. The normalized spacial score (nSPS) is 13.8. The summed E-state index contributed by atoms with van der Waals surface area (Å²) in [6, 6.07) is 21.6. The molecule has 0 saturated carbocycles. The molecule has 0 unspecified atom stereocenters. The fourth-order valence-corrected chi connectivity index (χ4v) is 5.74. The van der Waals surface area contributed by atoms with E-state index in [1.807, 2.05) is 85.0 Å². The molecule has 6 aromatic rings. The number of benzene rings is 3. The van der Waals surface area contributed by atoms with E-state index in [0.29, 0.717) is 48.9 Å². The summed E-state index contributed by atoms with van der Waals surface area (Å²) in [6.07, 6.45) is 0.691. The van der Waals surface area contributed by atoms with Crippen LogP contribution in [-0.4, -0.2) is 66.2 Å². The van der Waals surface area contributed by atoms with Crippen molar-refractivity contribution in [3.63, 3.8) is 0 Å². The van der Waals surface area contributed by atoms with Crippen molar-refractivity contribution in [3.8, 4) is 5.69 Å². The van der Waals surface area contributed by atoms with Gasteiger partial charge in [0.25, 0.3) is 5.56 Å². The fraction of sp³-hybridized carbons (Fsp3) is 0.194. The highest BCUT2D eigenvalue weighted by molar-refractivity contribution is 5.88. The number of aryl methyl sites for hydroxylation is 2. The number of carboxylic acid groups (broad SMARTS) is 1. The first-order valence-electron chi connectivity index (χ1n) is 13.7. The Morgan fingerprint density at radius 3 is 2.31 bits per heavy atom. The molecule has 0 spiro atoms. The lowest BCUT2D eigenvalue weighted by Gasteiger charge is -2.34. The fourth-order valence-electron chi connectivity index (χ4n) is 5.74. The summed E-state index contributed by atoms with van der Waals surface area (Å²) in [4.78, 5) is 43.0. The minimum atomic E-state index is -0.880. The number of carbonyl (C=O) groups is 1. The largest absolute Gasteiger partial charge is 0.465 e. The maximum absolute atomic E-state index is 14.0. The van der Waals surface area contributed by atoms with Gasteiger partial charge in [0.15, 0.2) is 5.65 Å².